The molecule has 0 aromatic heterocycles. The lowest BCUT2D eigenvalue weighted by atomic mass is 9.89. The molecule has 1 aliphatic rings. The summed E-state index contributed by atoms with van der Waals surface area (Å²) in [5.41, 5.74) is 1.08. The Labute approximate surface area is 243 Å². The molecule has 0 aromatic rings. The molecular weight excluding hydrogens is 539 g/mol. The predicted octanol–water partition coefficient (Wildman–Crippen LogP) is 8.70. The van der Waals surface area contributed by atoms with Gasteiger partial charge in [-0.1, -0.05) is 55.6 Å². The maximum atomic E-state index is 12.0. The van der Waals surface area contributed by atoms with Gasteiger partial charge >= 0.3 is 0 Å². The van der Waals surface area contributed by atoms with Gasteiger partial charge in [0.05, 0.1) is 17.9 Å². The molecule has 39 heavy (non-hydrogen) atoms. The minimum atomic E-state index is -1.81. The summed E-state index contributed by atoms with van der Waals surface area (Å²) >= 11 is 0. The molecule has 1 rings (SSSR count). The fraction of sp³-hybridized carbons (Fsp3) is 0.800. The van der Waals surface area contributed by atoms with Crippen LogP contribution in [-0.2, 0) is 22.9 Å². The number of rotatable bonds is 18. The van der Waals surface area contributed by atoms with E-state index in [9.17, 15) is 4.79 Å². The third-order valence-corrected chi connectivity index (χ3v) is 9.18. The quantitative estimate of drug-likeness (QED) is 0.0684. The van der Waals surface area contributed by atoms with Crippen LogP contribution in [0.25, 0.3) is 0 Å². The Morgan fingerprint density at radius 1 is 0.974 bits per heavy atom. The van der Waals surface area contributed by atoms with E-state index in [-0.39, 0.29) is 30.0 Å². The fourth-order valence-electron chi connectivity index (χ4n) is 4.94. The van der Waals surface area contributed by atoms with Gasteiger partial charge in [0.25, 0.3) is 5.97 Å². The summed E-state index contributed by atoms with van der Waals surface area (Å²) in [4.78, 5) is 17.3. The second kappa shape index (κ2) is 17.1. The van der Waals surface area contributed by atoms with E-state index in [0.29, 0.717) is 6.42 Å². The maximum absolute atomic E-state index is 12.0. The molecule has 1 aliphatic carbocycles. The molecule has 0 unspecified atom stereocenters. The van der Waals surface area contributed by atoms with Gasteiger partial charge in [-0.25, -0.2) is 0 Å². The third kappa shape index (κ3) is 16.8. The number of hydrogen-bond acceptors (Lipinski definition) is 6. The van der Waals surface area contributed by atoms with E-state index in [1.165, 1.54) is 19.3 Å². The first-order valence-corrected chi connectivity index (χ1v) is 25.3. The van der Waals surface area contributed by atoms with Crippen LogP contribution in [0.4, 0.5) is 0 Å². The summed E-state index contributed by atoms with van der Waals surface area (Å²) in [5.74, 6) is 0.373. The van der Waals surface area contributed by atoms with E-state index in [0.717, 1.165) is 37.8 Å². The summed E-state index contributed by atoms with van der Waals surface area (Å²) < 4.78 is 18.8. The molecule has 0 N–H and O–H groups in total. The van der Waals surface area contributed by atoms with Crippen molar-refractivity contribution in [2.45, 2.75) is 136 Å². The molecular formula is C30H59NO5Si3. The Kier molecular flexibility index (Phi) is 15.8. The molecule has 0 radical (unpaired) electrons. The minimum absolute atomic E-state index is 0.0709. The Morgan fingerprint density at radius 2 is 1.67 bits per heavy atom. The van der Waals surface area contributed by atoms with Gasteiger partial charge in [-0.15, -0.1) is 0 Å². The monoisotopic (exact) mass is 597 g/mol. The van der Waals surface area contributed by atoms with E-state index in [1.54, 1.807) is 7.11 Å². The average molecular weight is 598 g/mol. The number of unbranched alkanes of at least 4 members (excludes halogenated alkanes) is 3. The van der Waals surface area contributed by atoms with Crippen LogP contribution in [0.2, 0.25) is 58.9 Å². The molecule has 0 amide bonds. The van der Waals surface area contributed by atoms with Crippen molar-refractivity contribution in [2.75, 3.05) is 7.11 Å². The van der Waals surface area contributed by atoms with Crippen molar-refractivity contribution in [3.05, 3.63) is 24.3 Å². The van der Waals surface area contributed by atoms with Crippen LogP contribution >= 0.6 is 0 Å². The molecule has 0 aliphatic heterocycles. The van der Waals surface area contributed by atoms with E-state index in [4.69, 9.17) is 18.1 Å². The van der Waals surface area contributed by atoms with Gasteiger partial charge in [0.15, 0.2) is 16.6 Å². The second-order valence-corrected chi connectivity index (χ2v) is 27.1. The Balaban J connectivity index is 3.03. The second-order valence-electron chi connectivity index (χ2n) is 13.8. The SMILES string of the molecule is CCCCC[C@@H](/C=C/[C@H]1[C@H](O[Si](C)(C)C)C/C(=N\OC)[C@@H]1C/C=C\CCCC(=O)O[Si](C)(C)C)O[Si](C)(C)C. The largest absolute Gasteiger partial charge is 0.520 e. The lowest BCUT2D eigenvalue weighted by molar-refractivity contribution is -0.135. The summed E-state index contributed by atoms with van der Waals surface area (Å²) in [6, 6.07) is 0. The normalized spacial score (nSPS) is 22.7. The first-order valence-electron chi connectivity index (χ1n) is 15.1. The van der Waals surface area contributed by atoms with Gasteiger partial charge in [0, 0.05) is 24.7 Å². The van der Waals surface area contributed by atoms with Crippen molar-refractivity contribution in [2.24, 2.45) is 17.0 Å². The zero-order valence-corrected chi connectivity index (χ0v) is 30.0. The highest BCUT2D eigenvalue weighted by Gasteiger charge is 2.42. The summed E-state index contributed by atoms with van der Waals surface area (Å²) in [7, 11) is -3.62. The molecule has 0 saturated heterocycles. The lowest BCUT2D eigenvalue weighted by Crippen LogP contribution is -2.35. The Bertz CT molecular complexity index is 809. The van der Waals surface area contributed by atoms with E-state index in [1.807, 2.05) is 19.6 Å². The molecule has 6 nitrogen and oxygen atoms in total. The van der Waals surface area contributed by atoms with Crippen molar-refractivity contribution >= 4 is 36.6 Å². The zero-order chi connectivity index (χ0) is 29.7. The van der Waals surface area contributed by atoms with E-state index >= 15 is 0 Å². The smallest absolute Gasteiger partial charge is 0.292 e. The van der Waals surface area contributed by atoms with Crippen molar-refractivity contribution < 1.29 is 22.9 Å². The number of allylic oxidation sites excluding steroid dienone is 2. The van der Waals surface area contributed by atoms with Crippen molar-refractivity contribution in [1.29, 1.82) is 0 Å². The van der Waals surface area contributed by atoms with Crippen molar-refractivity contribution in [3.8, 4) is 0 Å². The van der Waals surface area contributed by atoms with E-state index < -0.39 is 25.0 Å². The fourth-order valence-corrected chi connectivity index (χ4v) is 7.97. The maximum Gasteiger partial charge on any atom is 0.292 e. The van der Waals surface area contributed by atoms with Gasteiger partial charge in [-0.2, -0.15) is 0 Å². The van der Waals surface area contributed by atoms with Gasteiger partial charge < -0.3 is 18.1 Å². The third-order valence-electron chi connectivity index (χ3n) is 6.32. The highest BCUT2D eigenvalue weighted by atomic mass is 28.4. The Hall–Kier alpha value is -1.01. The van der Waals surface area contributed by atoms with E-state index in [2.05, 4.69) is 75.7 Å². The van der Waals surface area contributed by atoms with Crippen molar-refractivity contribution in [3.63, 3.8) is 0 Å². The summed E-state index contributed by atoms with van der Waals surface area (Å²) in [6.07, 6.45) is 17.9. The summed E-state index contributed by atoms with van der Waals surface area (Å²) in [5, 5.41) is 4.46. The van der Waals surface area contributed by atoms with Crippen LogP contribution in [0.15, 0.2) is 29.5 Å². The molecule has 4 atom stereocenters. The van der Waals surface area contributed by atoms with Gasteiger partial charge in [-0.3, -0.25) is 4.79 Å². The zero-order valence-electron chi connectivity index (χ0n) is 27.0. The van der Waals surface area contributed by atoms with Crippen LogP contribution in [-0.4, -0.2) is 56.0 Å². The molecule has 0 bridgehead atoms. The first kappa shape index (κ1) is 36.0. The topological polar surface area (TPSA) is 66.4 Å². The highest BCUT2D eigenvalue weighted by Crippen LogP contribution is 2.38. The molecule has 1 saturated carbocycles. The molecule has 0 heterocycles. The average Bonchev–Trinajstić information content (AvgIpc) is 3.06. The van der Waals surface area contributed by atoms with Gasteiger partial charge in [0.1, 0.15) is 7.11 Å². The molecule has 0 spiro atoms. The van der Waals surface area contributed by atoms with Crippen LogP contribution < -0.4 is 0 Å². The van der Waals surface area contributed by atoms with Crippen LogP contribution in [0, 0.1) is 11.8 Å². The molecule has 226 valence electrons. The van der Waals surface area contributed by atoms with Gasteiger partial charge in [-0.05, 0) is 84.6 Å². The standard InChI is InChI=1S/C30H59NO5Si3/c1-12-13-16-19-25(34-37(3,4)5)22-23-27-26(28(31-33-2)24-29(27)35-38(6,7)8)20-17-14-15-18-21-30(32)36-39(9,10)11/h14,17,22-23,25-27,29H,12-13,15-16,18-21,24H2,1-11H3/b17-14-,23-22+,31-28+/t25-,26+,27+,29+/m0/s1. The minimum Gasteiger partial charge on any atom is -0.520 e. The van der Waals surface area contributed by atoms with Gasteiger partial charge in [0.2, 0.25) is 8.32 Å². The predicted molar refractivity (Wildman–Crippen MR) is 173 cm³/mol. The molecule has 1 fully saturated rings. The highest BCUT2D eigenvalue weighted by molar-refractivity contribution is 6.71. The molecule has 9 heteroatoms. The lowest BCUT2D eigenvalue weighted by Gasteiger charge is -2.29. The van der Waals surface area contributed by atoms with Crippen LogP contribution in [0.1, 0.15) is 64.7 Å². The van der Waals surface area contributed by atoms with Crippen molar-refractivity contribution in [1.82, 2.24) is 0 Å². The summed E-state index contributed by atoms with van der Waals surface area (Å²) in [6.45, 7) is 21.9. The number of oxime groups is 1. The first-order chi connectivity index (χ1) is 18.0. The van der Waals surface area contributed by atoms with Crippen LogP contribution in [0.5, 0.6) is 0 Å². The number of hydrogen-bond donors (Lipinski definition) is 0. The number of carbonyl (C=O) groups excluding carboxylic acids is 1. The number of nitrogens with zero attached hydrogens (tertiary/aromatic N) is 1. The Morgan fingerprint density at radius 3 is 2.23 bits per heavy atom. The van der Waals surface area contributed by atoms with Crippen LogP contribution in [0.3, 0.4) is 0 Å². The number of carbonyl (C=O) groups is 1. The molecule has 0 aromatic carbocycles.